The number of carboxylic acids is 1. The molecule has 0 spiro atoms. The van der Waals surface area contributed by atoms with Gasteiger partial charge in [0, 0.05) is 146 Å². The molecule has 19 nitrogen and oxygen atoms in total. The predicted molar refractivity (Wildman–Crippen MR) is 349 cm³/mol. The monoisotopic (exact) mass is 1200 g/mol. The first-order valence-corrected chi connectivity index (χ1v) is 33.0. The van der Waals surface area contributed by atoms with E-state index in [1.807, 2.05) is 71.0 Å². The van der Waals surface area contributed by atoms with Gasteiger partial charge in [0.1, 0.15) is 11.2 Å². The maximum Gasteiger partial charge on any atom is 0.410 e. The van der Waals surface area contributed by atoms with Gasteiger partial charge < -0.3 is 55.0 Å². The van der Waals surface area contributed by atoms with Crippen LogP contribution in [0.15, 0.2) is 60.9 Å². The fraction of sp³-hybridized carbons (Fsp3) is 0.676. The number of carbonyl (C=O) groups excluding carboxylic acids is 3. The summed E-state index contributed by atoms with van der Waals surface area (Å²) < 4.78 is 11.2. The van der Waals surface area contributed by atoms with Gasteiger partial charge in [0.2, 0.25) is 5.91 Å². The average molecular weight is 1200 g/mol. The molecule has 2 aromatic heterocycles. The Morgan fingerprint density at radius 1 is 0.552 bits per heavy atom. The van der Waals surface area contributed by atoms with Crippen molar-refractivity contribution in [3.05, 3.63) is 72.1 Å². The highest BCUT2D eigenvalue weighted by atomic mass is 16.6. The molecule has 4 aromatic rings. The number of hydrogen-bond acceptors (Lipinski definition) is 15. The van der Waals surface area contributed by atoms with Crippen LogP contribution in [0.25, 0.3) is 21.8 Å². The summed E-state index contributed by atoms with van der Waals surface area (Å²) in [6, 6.07) is 17.0. The molecular formula is C68H106N12O7. The van der Waals surface area contributed by atoms with Crippen molar-refractivity contribution in [3.8, 4) is 0 Å². The zero-order valence-corrected chi connectivity index (χ0v) is 54.2. The van der Waals surface area contributed by atoms with E-state index in [-0.39, 0.29) is 42.5 Å². The number of rotatable bonds is 15. The number of likely N-dealkylation sites (tertiary alicyclic amines) is 4. The van der Waals surface area contributed by atoms with Crippen molar-refractivity contribution in [2.75, 3.05) is 141 Å². The predicted octanol–water partition coefficient (Wildman–Crippen LogP) is 9.26. The van der Waals surface area contributed by atoms with Crippen LogP contribution in [-0.2, 0) is 19.1 Å². The minimum atomic E-state index is -0.759. The van der Waals surface area contributed by atoms with Crippen LogP contribution in [0.1, 0.15) is 130 Å². The lowest BCUT2D eigenvalue weighted by atomic mass is 9.86. The summed E-state index contributed by atoms with van der Waals surface area (Å²) in [6.07, 6.45) is 14.5. The number of benzene rings is 2. The molecule has 0 radical (unpaired) electrons. The number of carbonyl (C=O) groups is 4. The molecule has 6 fully saturated rings. The van der Waals surface area contributed by atoms with Gasteiger partial charge in [-0.05, 0) is 181 Å². The third-order valence-electron chi connectivity index (χ3n) is 18.4. The molecule has 480 valence electrons. The molecule has 3 amide bonds. The number of nitrogens with zero attached hydrogens (tertiary/aromatic N) is 10. The van der Waals surface area contributed by atoms with Crippen LogP contribution in [0.2, 0.25) is 0 Å². The molecule has 2 aromatic carbocycles. The number of piperidine rings is 2. The Bertz CT molecular complexity index is 2830. The number of carboxylic acid groups (broad SMARTS) is 1. The van der Waals surface area contributed by atoms with Crippen LogP contribution in [0, 0.1) is 25.7 Å². The van der Waals surface area contributed by atoms with E-state index in [4.69, 9.17) is 20.2 Å². The Morgan fingerprint density at radius 2 is 0.977 bits per heavy atom. The van der Waals surface area contributed by atoms with Crippen LogP contribution in [0.4, 0.5) is 21.0 Å². The molecule has 19 heteroatoms. The van der Waals surface area contributed by atoms with E-state index >= 15 is 0 Å². The number of ether oxygens (including phenoxy) is 2. The molecule has 0 aliphatic carbocycles. The summed E-state index contributed by atoms with van der Waals surface area (Å²) in [7, 11) is 0. The highest BCUT2D eigenvalue weighted by Crippen LogP contribution is 2.35. The maximum absolute atomic E-state index is 13.3. The van der Waals surface area contributed by atoms with Gasteiger partial charge in [0.15, 0.2) is 0 Å². The second-order valence-electron chi connectivity index (χ2n) is 27.1. The fourth-order valence-electron chi connectivity index (χ4n) is 14.0. The third kappa shape index (κ3) is 19.8. The molecule has 10 rings (SSSR count). The van der Waals surface area contributed by atoms with Crippen LogP contribution >= 0.6 is 0 Å². The number of amides is 3. The number of aryl methyl sites for hydroxylation is 2. The van der Waals surface area contributed by atoms with Crippen LogP contribution in [-0.4, -0.2) is 223 Å². The molecule has 87 heavy (non-hydrogen) atoms. The lowest BCUT2D eigenvalue weighted by molar-refractivity contribution is -0.139. The summed E-state index contributed by atoms with van der Waals surface area (Å²) in [4.78, 5) is 78.2. The van der Waals surface area contributed by atoms with Crippen molar-refractivity contribution in [2.45, 2.75) is 156 Å². The van der Waals surface area contributed by atoms with Crippen molar-refractivity contribution in [2.24, 2.45) is 17.6 Å². The first-order chi connectivity index (χ1) is 41.7. The molecule has 2 unspecified atom stereocenters. The minimum absolute atomic E-state index is 0.0324. The number of anilines is 2. The van der Waals surface area contributed by atoms with Crippen molar-refractivity contribution >= 4 is 57.2 Å². The number of aliphatic carboxylic acids is 1. The van der Waals surface area contributed by atoms with Gasteiger partial charge in [-0.3, -0.25) is 29.4 Å². The summed E-state index contributed by atoms with van der Waals surface area (Å²) in [6.45, 7) is 33.8. The number of pyridine rings is 2. The SMILES string of the molecule is Cc1ccc2cccnc2c1N1CCCN(C(CC(=O)NCCN2CCCC2)C2CCN(C(=O)OC(C)(C)C)CC2)CC1.Cc1ccc2cccnc2c1N1CCCN(C(CC(=O)O)C2CCN(C(=O)OC(C)(C)C)CC2)CC1.NCCN1CCCC1. The molecule has 4 N–H and O–H groups in total. The minimum Gasteiger partial charge on any atom is -0.481 e. The molecule has 2 atom stereocenters. The number of aromatic nitrogens is 2. The maximum atomic E-state index is 13.3. The second kappa shape index (κ2) is 32.1. The Labute approximate surface area is 519 Å². The lowest BCUT2D eigenvalue weighted by Crippen LogP contribution is -2.50. The quantitative estimate of drug-likeness (QED) is 0.102. The van der Waals surface area contributed by atoms with Crippen molar-refractivity contribution in [1.82, 2.24) is 44.7 Å². The number of nitrogens with one attached hydrogen (secondary N) is 1. The van der Waals surface area contributed by atoms with E-state index in [9.17, 15) is 24.3 Å². The Hall–Kier alpha value is -5.86. The molecule has 0 bridgehead atoms. The van der Waals surface area contributed by atoms with Crippen molar-refractivity contribution < 1.29 is 33.8 Å². The van der Waals surface area contributed by atoms with E-state index in [2.05, 4.69) is 89.9 Å². The first kappa shape index (κ1) is 67.1. The van der Waals surface area contributed by atoms with Gasteiger partial charge in [0.05, 0.1) is 28.8 Å². The molecule has 6 aliphatic rings. The van der Waals surface area contributed by atoms with Gasteiger partial charge >= 0.3 is 18.2 Å². The zero-order valence-electron chi connectivity index (χ0n) is 54.2. The van der Waals surface area contributed by atoms with E-state index < -0.39 is 17.2 Å². The number of nitrogens with two attached hydrogens (primary N) is 1. The van der Waals surface area contributed by atoms with E-state index in [1.165, 1.54) is 66.7 Å². The normalized spacial score (nSPS) is 20.0. The van der Waals surface area contributed by atoms with Crippen LogP contribution in [0.5, 0.6) is 0 Å². The van der Waals surface area contributed by atoms with E-state index in [0.29, 0.717) is 45.1 Å². The van der Waals surface area contributed by atoms with Gasteiger partial charge in [0.25, 0.3) is 0 Å². The van der Waals surface area contributed by atoms with E-state index in [0.717, 1.165) is 140 Å². The van der Waals surface area contributed by atoms with Gasteiger partial charge in [-0.1, -0.05) is 36.4 Å². The molecular weight excluding hydrogens is 1100 g/mol. The highest BCUT2D eigenvalue weighted by molar-refractivity contribution is 5.93. The second-order valence-corrected chi connectivity index (χ2v) is 27.1. The number of hydrogen-bond donors (Lipinski definition) is 3. The van der Waals surface area contributed by atoms with Crippen molar-refractivity contribution in [1.29, 1.82) is 0 Å². The summed E-state index contributed by atoms with van der Waals surface area (Å²) in [5, 5.41) is 15.3. The summed E-state index contributed by atoms with van der Waals surface area (Å²) in [5.41, 5.74) is 11.3. The third-order valence-corrected chi connectivity index (χ3v) is 18.4. The molecule has 6 aliphatic heterocycles. The Kier molecular flexibility index (Phi) is 24.7. The largest absolute Gasteiger partial charge is 0.481 e. The summed E-state index contributed by atoms with van der Waals surface area (Å²) in [5.74, 6) is -0.0124. The Morgan fingerprint density at radius 3 is 1.39 bits per heavy atom. The van der Waals surface area contributed by atoms with Crippen LogP contribution in [0.3, 0.4) is 0 Å². The first-order valence-electron chi connectivity index (χ1n) is 33.0. The molecule has 6 saturated heterocycles. The van der Waals surface area contributed by atoms with Crippen LogP contribution < -0.4 is 20.9 Å². The summed E-state index contributed by atoms with van der Waals surface area (Å²) >= 11 is 0. The Balaban J connectivity index is 0.000000202. The van der Waals surface area contributed by atoms with Gasteiger partial charge in [-0.25, -0.2) is 9.59 Å². The lowest BCUT2D eigenvalue weighted by Gasteiger charge is -2.41. The van der Waals surface area contributed by atoms with E-state index in [1.54, 1.807) is 4.90 Å². The highest BCUT2D eigenvalue weighted by Gasteiger charge is 2.38. The smallest absolute Gasteiger partial charge is 0.410 e. The fourth-order valence-corrected chi connectivity index (χ4v) is 14.0. The molecule has 8 heterocycles. The van der Waals surface area contributed by atoms with Gasteiger partial charge in [-0.2, -0.15) is 0 Å². The van der Waals surface area contributed by atoms with Gasteiger partial charge in [-0.15, -0.1) is 0 Å². The standard InChI is InChI=1S/C34H52N6O3.C28H40N4O4.C6H14N2/c1-26-10-11-28-9-7-14-36-31(28)32(26)39-19-8-18-38(23-24-39)29(25-30(41)35-15-22-37-16-5-6-17-37)27-12-20-40(21-13-27)33(42)43-34(2,3)4;1-20-8-9-22-7-5-12-29-25(22)26(20)31-14-6-13-30(17-18-31)23(19-24(33)34)21-10-15-32(16-11-21)27(35)36-28(2,3)4;7-3-6-8-4-1-2-5-8/h7,9-11,14,27,29H,5-6,8,12-13,15-25H2,1-4H3,(H,35,41);5,7-9,12,21,23H,6,10-11,13-19H2,1-4H3,(H,33,34);1-7H2. The average Bonchev–Trinajstić information content (AvgIpc) is 2.87. The molecule has 0 saturated carbocycles. The zero-order chi connectivity index (χ0) is 62.1. The van der Waals surface area contributed by atoms with Crippen molar-refractivity contribution in [3.63, 3.8) is 0 Å². The number of fused-ring (bicyclic) bond motifs is 2. The topological polar surface area (TPSA) is 197 Å².